The summed E-state index contributed by atoms with van der Waals surface area (Å²) in [6.07, 6.45) is -1.69. The lowest BCUT2D eigenvalue weighted by Gasteiger charge is -2.45. The SMILES string of the molecule is CC(C)C(O)(n1cncn1)C(C)(C)Cc1ccc(OC(F)(F)F)c(Cl)c1. The highest BCUT2D eigenvalue weighted by molar-refractivity contribution is 6.32. The Morgan fingerprint density at radius 2 is 1.92 bits per heavy atom. The molecule has 144 valence electrons. The highest BCUT2D eigenvalue weighted by Crippen LogP contribution is 2.43. The van der Waals surface area contributed by atoms with E-state index in [0.29, 0.717) is 12.0 Å². The van der Waals surface area contributed by atoms with Gasteiger partial charge >= 0.3 is 6.36 Å². The van der Waals surface area contributed by atoms with E-state index >= 15 is 0 Å². The van der Waals surface area contributed by atoms with E-state index in [4.69, 9.17) is 11.6 Å². The van der Waals surface area contributed by atoms with Gasteiger partial charge in [0.15, 0.2) is 5.72 Å². The largest absolute Gasteiger partial charge is 0.573 e. The Hall–Kier alpha value is -1.80. The summed E-state index contributed by atoms with van der Waals surface area (Å²) >= 11 is 5.93. The van der Waals surface area contributed by atoms with Gasteiger partial charge in [0.05, 0.1) is 5.02 Å². The number of hydrogen-bond acceptors (Lipinski definition) is 4. The van der Waals surface area contributed by atoms with Crippen LogP contribution >= 0.6 is 11.6 Å². The summed E-state index contributed by atoms with van der Waals surface area (Å²) in [6.45, 7) is 7.42. The molecule has 1 heterocycles. The maximum Gasteiger partial charge on any atom is 0.573 e. The van der Waals surface area contributed by atoms with Gasteiger partial charge < -0.3 is 9.84 Å². The highest BCUT2D eigenvalue weighted by atomic mass is 35.5. The second kappa shape index (κ2) is 7.08. The summed E-state index contributed by atoms with van der Waals surface area (Å²) in [5, 5.41) is 15.3. The van der Waals surface area contributed by atoms with Crippen LogP contribution in [0.4, 0.5) is 13.2 Å². The van der Waals surface area contributed by atoms with E-state index in [2.05, 4.69) is 14.8 Å². The van der Waals surface area contributed by atoms with Crippen molar-refractivity contribution in [3.8, 4) is 5.75 Å². The molecule has 0 aliphatic carbocycles. The molecule has 0 fully saturated rings. The molecule has 1 aromatic heterocycles. The van der Waals surface area contributed by atoms with E-state index in [1.165, 1.54) is 35.5 Å². The number of rotatable bonds is 6. The average Bonchev–Trinajstić information content (AvgIpc) is 3.01. The molecule has 26 heavy (non-hydrogen) atoms. The van der Waals surface area contributed by atoms with Gasteiger partial charge in [0.2, 0.25) is 0 Å². The molecule has 0 aliphatic rings. The van der Waals surface area contributed by atoms with Gasteiger partial charge in [0.25, 0.3) is 0 Å². The van der Waals surface area contributed by atoms with Crippen LogP contribution < -0.4 is 4.74 Å². The van der Waals surface area contributed by atoms with E-state index in [1.54, 1.807) is 0 Å². The fraction of sp³-hybridized carbons (Fsp3) is 0.529. The van der Waals surface area contributed by atoms with Crippen molar-refractivity contribution in [3.05, 3.63) is 41.4 Å². The quantitative estimate of drug-likeness (QED) is 0.792. The van der Waals surface area contributed by atoms with E-state index in [-0.39, 0.29) is 10.9 Å². The average molecular weight is 392 g/mol. The van der Waals surface area contributed by atoms with E-state index in [9.17, 15) is 18.3 Å². The van der Waals surface area contributed by atoms with Gasteiger partial charge in [-0.25, -0.2) is 9.67 Å². The Morgan fingerprint density at radius 1 is 1.27 bits per heavy atom. The maximum absolute atomic E-state index is 12.4. The minimum atomic E-state index is -4.81. The van der Waals surface area contributed by atoms with Crippen LogP contribution in [0.5, 0.6) is 5.75 Å². The first-order valence-corrected chi connectivity index (χ1v) is 8.36. The van der Waals surface area contributed by atoms with Crippen LogP contribution in [0.2, 0.25) is 5.02 Å². The lowest BCUT2D eigenvalue weighted by Crippen LogP contribution is -2.52. The number of benzene rings is 1. The normalized spacial score (nSPS) is 15.2. The molecule has 0 spiro atoms. The maximum atomic E-state index is 12.4. The number of ether oxygens (including phenoxy) is 1. The molecule has 1 aromatic carbocycles. The van der Waals surface area contributed by atoms with Crippen LogP contribution in [0, 0.1) is 11.3 Å². The number of aliphatic hydroxyl groups is 1. The standard InChI is InChI=1S/C17H21ClF3N3O2/c1-11(2)16(25,24-10-22-9-23-24)15(3,4)8-12-5-6-14(13(18)7-12)26-17(19,20)21/h5-7,9-11,25H,8H2,1-4H3. The second-order valence-corrected chi connectivity index (χ2v) is 7.50. The minimum Gasteiger partial charge on any atom is -0.404 e. The van der Waals surface area contributed by atoms with Crippen molar-refractivity contribution in [2.45, 2.75) is 46.2 Å². The Morgan fingerprint density at radius 3 is 2.38 bits per heavy atom. The third-order valence-electron chi connectivity index (χ3n) is 4.44. The van der Waals surface area contributed by atoms with Crippen molar-refractivity contribution in [3.63, 3.8) is 0 Å². The van der Waals surface area contributed by atoms with Gasteiger partial charge in [-0.1, -0.05) is 45.4 Å². The van der Waals surface area contributed by atoms with Crippen LogP contribution in [-0.4, -0.2) is 26.2 Å². The molecule has 0 bridgehead atoms. The van der Waals surface area contributed by atoms with Crippen LogP contribution in [0.15, 0.2) is 30.9 Å². The number of hydrogen-bond donors (Lipinski definition) is 1. The molecule has 0 aliphatic heterocycles. The van der Waals surface area contributed by atoms with E-state index in [1.807, 2.05) is 27.7 Å². The zero-order chi connectivity index (χ0) is 19.8. The highest BCUT2D eigenvalue weighted by Gasteiger charge is 2.48. The van der Waals surface area contributed by atoms with Crippen molar-refractivity contribution in [1.29, 1.82) is 0 Å². The zero-order valence-electron chi connectivity index (χ0n) is 14.9. The van der Waals surface area contributed by atoms with E-state index in [0.717, 1.165) is 0 Å². The number of nitrogens with zero attached hydrogens (tertiary/aromatic N) is 3. The third kappa shape index (κ3) is 4.12. The van der Waals surface area contributed by atoms with Crippen LogP contribution in [0.25, 0.3) is 0 Å². The fourth-order valence-corrected chi connectivity index (χ4v) is 3.48. The molecule has 0 radical (unpaired) electrons. The fourth-order valence-electron chi connectivity index (χ4n) is 3.24. The summed E-state index contributed by atoms with van der Waals surface area (Å²) in [5.41, 5.74) is -1.43. The summed E-state index contributed by atoms with van der Waals surface area (Å²) in [7, 11) is 0. The second-order valence-electron chi connectivity index (χ2n) is 7.09. The molecular weight excluding hydrogens is 371 g/mol. The zero-order valence-corrected chi connectivity index (χ0v) is 15.6. The van der Waals surface area contributed by atoms with Gasteiger partial charge in [-0.3, -0.25) is 0 Å². The van der Waals surface area contributed by atoms with Crippen molar-refractivity contribution in [1.82, 2.24) is 14.8 Å². The van der Waals surface area contributed by atoms with Gasteiger partial charge in [-0.05, 0) is 24.1 Å². The summed E-state index contributed by atoms with van der Waals surface area (Å²) in [6, 6.07) is 4.08. The topological polar surface area (TPSA) is 60.2 Å². The Kier molecular flexibility index (Phi) is 5.58. The monoisotopic (exact) mass is 391 g/mol. The molecule has 1 N–H and O–H groups in total. The van der Waals surface area contributed by atoms with Gasteiger partial charge in [0, 0.05) is 11.3 Å². The van der Waals surface area contributed by atoms with Crippen LogP contribution in [0.1, 0.15) is 33.3 Å². The van der Waals surface area contributed by atoms with Gasteiger partial charge in [-0.2, -0.15) is 5.10 Å². The first-order valence-electron chi connectivity index (χ1n) is 7.98. The molecule has 0 saturated carbocycles. The lowest BCUT2D eigenvalue weighted by atomic mass is 9.71. The predicted molar refractivity (Wildman–Crippen MR) is 90.7 cm³/mol. The first-order chi connectivity index (χ1) is 11.9. The predicted octanol–water partition coefficient (Wildman–Crippen LogP) is 4.40. The Balaban J connectivity index is 2.32. The Bertz CT molecular complexity index is 748. The molecule has 1 atom stereocenters. The smallest absolute Gasteiger partial charge is 0.404 e. The molecule has 0 saturated heterocycles. The minimum absolute atomic E-state index is 0.149. The molecule has 9 heteroatoms. The van der Waals surface area contributed by atoms with Gasteiger partial charge in [-0.15, -0.1) is 13.2 Å². The Labute approximate surface area is 154 Å². The molecule has 2 aromatic rings. The first kappa shape index (κ1) is 20.5. The van der Waals surface area contributed by atoms with Crippen molar-refractivity contribution in [2.75, 3.05) is 0 Å². The van der Waals surface area contributed by atoms with Gasteiger partial charge in [0.1, 0.15) is 18.4 Å². The van der Waals surface area contributed by atoms with Crippen molar-refractivity contribution >= 4 is 11.6 Å². The lowest BCUT2D eigenvalue weighted by molar-refractivity contribution is -0.274. The van der Waals surface area contributed by atoms with Crippen molar-refractivity contribution < 1.29 is 23.0 Å². The van der Waals surface area contributed by atoms with Crippen molar-refractivity contribution in [2.24, 2.45) is 11.3 Å². The summed E-state index contributed by atoms with van der Waals surface area (Å²) in [4.78, 5) is 3.90. The molecule has 0 amide bonds. The third-order valence-corrected chi connectivity index (χ3v) is 4.73. The van der Waals surface area contributed by atoms with Crippen LogP contribution in [-0.2, 0) is 12.1 Å². The molecule has 5 nitrogen and oxygen atoms in total. The number of alkyl halides is 3. The molecule has 1 unspecified atom stereocenters. The van der Waals surface area contributed by atoms with E-state index < -0.39 is 23.3 Å². The summed E-state index contributed by atoms with van der Waals surface area (Å²) in [5.74, 6) is -0.668. The molecule has 2 rings (SSSR count). The number of halogens is 4. The van der Waals surface area contributed by atoms with Crippen LogP contribution in [0.3, 0.4) is 0 Å². The molecular formula is C17H21ClF3N3O2. The number of aromatic nitrogens is 3. The summed E-state index contributed by atoms with van der Waals surface area (Å²) < 4.78 is 42.4.